The van der Waals surface area contributed by atoms with E-state index in [0.29, 0.717) is 26.2 Å². The maximum atomic E-state index is 13.0. The van der Waals surface area contributed by atoms with Crippen LogP contribution in [0.25, 0.3) is 0 Å². The Morgan fingerprint density at radius 3 is 2.42 bits per heavy atom. The first-order valence-corrected chi connectivity index (χ1v) is 7.61. The van der Waals surface area contributed by atoms with Crippen LogP contribution in [0.5, 0.6) is 0 Å². The number of halogens is 1. The molecule has 0 unspecified atom stereocenters. The molecule has 0 bridgehead atoms. The normalized spacial score (nSPS) is 14.5. The predicted molar refractivity (Wildman–Crippen MR) is 84.2 cm³/mol. The number of esters is 1. The molecule has 0 aliphatic carbocycles. The second kappa shape index (κ2) is 7.16. The molecule has 24 heavy (non-hydrogen) atoms. The van der Waals surface area contributed by atoms with Gasteiger partial charge in [0, 0.05) is 31.9 Å². The van der Waals surface area contributed by atoms with Gasteiger partial charge >= 0.3 is 5.97 Å². The number of amides is 1. The van der Waals surface area contributed by atoms with Gasteiger partial charge in [-0.1, -0.05) is 0 Å². The van der Waals surface area contributed by atoms with Crippen LogP contribution in [0.15, 0.2) is 47.3 Å². The van der Waals surface area contributed by atoms with Crippen LogP contribution in [0.1, 0.15) is 10.4 Å². The number of carbonyl (C=O) groups is 2. The summed E-state index contributed by atoms with van der Waals surface area (Å²) < 4.78 is 22.7. The molecule has 1 aliphatic heterocycles. The first-order chi connectivity index (χ1) is 11.6. The molecule has 1 amide bonds. The molecular weight excluding hydrogens is 315 g/mol. The lowest BCUT2D eigenvalue weighted by atomic mass is 10.2. The van der Waals surface area contributed by atoms with Crippen molar-refractivity contribution < 1.29 is 23.1 Å². The smallest absolute Gasteiger partial charge is 0.341 e. The van der Waals surface area contributed by atoms with E-state index in [9.17, 15) is 14.0 Å². The lowest BCUT2D eigenvalue weighted by Gasteiger charge is -2.36. The largest absolute Gasteiger partial charge is 0.472 e. The van der Waals surface area contributed by atoms with E-state index >= 15 is 0 Å². The van der Waals surface area contributed by atoms with E-state index in [1.807, 2.05) is 0 Å². The van der Waals surface area contributed by atoms with Gasteiger partial charge in [-0.25, -0.2) is 9.18 Å². The Morgan fingerprint density at radius 2 is 1.79 bits per heavy atom. The Kier molecular flexibility index (Phi) is 4.79. The molecule has 0 atom stereocenters. The zero-order valence-electron chi connectivity index (χ0n) is 13.0. The predicted octanol–water partition coefficient (Wildman–Crippen LogP) is 1.92. The van der Waals surface area contributed by atoms with Gasteiger partial charge in [0.15, 0.2) is 6.61 Å². The van der Waals surface area contributed by atoms with E-state index in [0.717, 1.165) is 5.69 Å². The minimum Gasteiger partial charge on any atom is -0.472 e. The highest BCUT2D eigenvalue weighted by molar-refractivity contribution is 5.90. The molecule has 1 aromatic carbocycles. The number of rotatable bonds is 4. The molecule has 0 saturated carbocycles. The minimum absolute atomic E-state index is 0.231. The number of nitrogens with zero attached hydrogens (tertiary/aromatic N) is 2. The molecule has 0 N–H and O–H groups in total. The Hall–Kier alpha value is -2.83. The number of hydrogen-bond donors (Lipinski definition) is 0. The Morgan fingerprint density at radius 1 is 1.08 bits per heavy atom. The van der Waals surface area contributed by atoms with Gasteiger partial charge in [0.25, 0.3) is 5.91 Å². The molecule has 1 aromatic heterocycles. The van der Waals surface area contributed by atoms with Gasteiger partial charge in [0.05, 0.1) is 11.8 Å². The summed E-state index contributed by atoms with van der Waals surface area (Å²) in [6.45, 7) is 2.06. The zero-order valence-corrected chi connectivity index (χ0v) is 13.0. The molecule has 7 heteroatoms. The average Bonchev–Trinajstić information content (AvgIpc) is 3.15. The van der Waals surface area contributed by atoms with Crippen molar-refractivity contribution in [2.24, 2.45) is 0 Å². The number of ether oxygens (including phenoxy) is 1. The van der Waals surface area contributed by atoms with Gasteiger partial charge in [0.1, 0.15) is 12.1 Å². The van der Waals surface area contributed by atoms with Crippen LogP contribution in [0.2, 0.25) is 0 Å². The number of piperazine rings is 1. The van der Waals surface area contributed by atoms with Gasteiger partial charge in [-0.05, 0) is 30.3 Å². The van der Waals surface area contributed by atoms with Crippen molar-refractivity contribution in [1.82, 2.24) is 4.90 Å². The first-order valence-electron chi connectivity index (χ1n) is 7.61. The SMILES string of the molecule is O=C(OCC(=O)N1CCN(c2ccc(F)cc2)CC1)c1ccoc1. The highest BCUT2D eigenvalue weighted by atomic mass is 19.1. The van der Waals surface area contributed by atoms with Crippen LogP contribution in [0, 0.1) is 5.82 Å². The summed E-state index contributed by atoms with van der Waals surface area (Å²) in [7, 11) is 0. The highest BCUT2D eigenvalue weighted by Crippen LogP contribution is 2.17. The molecule has 2 heterocycles. The molecular formula is C17H17FN2O4. The zero-order chi connectivity index (χ0) is 16.9. The van der Waals surface area contributed by atoms with E-state index in [1.165, 1.54) is 30.7 Å². The summed E-state index contributed by atoms with van der Waals surface area (Å²) in [6.07, 6.45) is 2.64. The van der Waals surface area contributed by atoms with Crippen LogP contribution in [-0.4, -0.2) is 49.6 Å². The van der Waals surface area contributed by atoms with E-state index in [4.69, 9.17) is 9.15 Å². The van der Waals surface area contributed by atoms with Gasteiger partial charge in [-0.15, -0.1) is 0 Å². The first kappa shape index (κ1) is 16.0. The van der Waals surface area contributed by atoms with Crippen molar-refractivity contribution in [2.75, 3.05) is 37.7 Å². The van der Waals surface area contributed by atoms with Crippen molar-refractivity contribution in [2.45, 2.75) is 0 Å². The molecule has 1 aliphatic rings. The number of anilines is 1. The maximum absolute atomic E-state index is 13.0. The van der Waals surface area contributed by atoms with Crippen molar-refractivity contribution in [3.63, 3.8) is 0 Å². The maximum Gasteiger partial charge on any atom is 0.341 e. The fraction of sp³-hybridized carbons (Fsp3) is 0.294. The third kappa shape index (κ3) is 3.73. The fourth-order valence-corrected chi connectivity index (χ4v) is 2.55. The summed E-state index contributed by atoms with van der Waals surface area (Å²) in [5.74, 6) is -1.08. The highest BCUT2D eigenvalue weighted by Gasteiger charge is 2.22. The summed E-state index contributed by atoms with van der Waals surface area (Å²) in [4.78, 5) is 27.5. The van der Waals surface area contributed by atoms with Crippen molar-refractivity contribution in [1.29, 1.82) is 0 Å². The summed E-state index contributed by atoms with van der Waals surface area (Å²) >= 11 is 0. The second-order valence-corrected chi connectivity index (χ2v) is 5.43. The fourth-order valence-electron chi connectivity index (χ4n) is 2.55. The van der Waals surface area contributed by atoms with E-state index in [1.54, 1.807) is 17.0 Å². The molecule has 6 nitrogen and oxygen atoms in total. The van der Waals surface area contributed by atoms with Crippen LogP contribution in [0.4, 0.5) is 10.1 Å². The van der Waals surface area contributed by atoms with Crippen molar-refractivity contribution in [3.8, 4) is 0 Å². The Bertz CT molecular complexity index is 692. The van der Waals surface area contributed by atoms with Gasteiger partial charge in [0.2, 0.25) is 0 Å². The minimum atomic E-state index is -0.581. The molecule has 0 spiro atoms. The van der Waals surface area contributed by atoms with Crippen LogP contribution in [0.3, 0.4) is 0 Å². The van der Waals surface area contributed by atoms with Gasteiger partial charge in [-0.3, -0.25) is 4.79 Å². The number of furan rings is 1. The molecule has 1 saturated heterocycles. The molecule has 2 aromatic rings. The number of carbonyl (C=O) groups excluding carboxylic acids is 2. The molecule has 1 fully saturated rings. The summed E-state index contributed by atoms with van der Waals surface area (Å²) in [6, 6.07) is 7.76. The lowest BCUT2D eigenvalue weighted by molar-refractivity contribution is -0.134. The Labute approximate surface area is 138 Å². The van der Waals surface area contributed by atoms with Crippen molar-refractivity contribution >= 4 is 17.6 Å². The second-order valence-electron chi connectivity index (χ2n) is 5.43. The third-order valence-corrected chi connectivity index (χ3v) is 3.91. The quantitative estimate of drug-likeness (QED) is 0.801. The lowest BCUT2D eigenvalue weighted by Crippen LogP contribution is -2.49. The van der Waals surface area contributed by atoms with E-state index < -0.39 is 5.97 Å². The third-order valence-electron chi connectivity index (χ3n) is 3.91. The monoisotopic (exact) mass is 332 g/mol. The summed E-state index contributed by atoms with van der Waals surface area (Å²) in [5, 5.41) is 0. The topological polar surface area (TPSA) is 63.0 Å². The molecule has 3 rings (SSSR count). The Balaban J connectivity index is 1.46. The van der Waals surface area contributed by atoms with Gasteiger partial charge < -0.3 is 19.0 Å². The van der Waals surface area contributed by atoms with Gasteiger partial charge in [-0.2, -0.15) is 0 Å². The van der Waals surface area contributed by atoms with Crippen LogP contribution >= 0.6 is 0 Å². The van der Waals surface area contributed by atoms with E-state index in [-0.39, 0.29) is 23.9 Å². The average molecular weight is 332 g/mol. The van der Waals surface area contributed by atoms with Crippen LogP contribution < -0.4 is 4.90 Å². The van der Waals surface area contributed by atoms with Crippen molar-refractivity contribution in [3.05, 3.63) is 54.2 Å². The summed E-state index contributed by atoms with van der Waals surface area (Å²) in [5.41, 5.74) is 1.21. The molecule has 0 radical (unpaired) electrons. The number of hydrogen-bond acceptors (Lipinski definition) is 5. The van der Waals surface area contributed by atoms with Crippen LogP contribution in [-0.2, 0) is 9.53 Å². The standard InChI is InChI=1S/C17H17FN2O4/c18-14-1-3-15(4-2-14)19-6-8-20(9-7-19)16(21)12-24-17(22)13-5-10-23-11-13/h1-5,10-11H,6-9,12H2. The number of benzene rings is 1. The molecule has 126 valence electrons. The van der Waals surface area contributed by atoms with E-state index in [2.05, 4.69) is 4.90 Å².